The zero-order chi connectivity index (χ0) is 36.3. The van der Waals surface area contributed by atoms with Crippen LogP contribution in [0.1, 0.15) is 0 Å². The number of aromatic nitrogens is 1. The third kappa shape index (κ3) is 5.24. The number of rotatable bonds is 6. The molecule has 0 aliphatic rings. The van der Waals surface area contributed by atoms with E-state index in [-0.39, 0.29) is 0 Å². The number of thiophene rings is 1. The van der Waals surface area contributed by atoms with E-state index in [0.29, 0.717) is 0 Å². The molecule has 0 bridgehead atoms. The SMILES string of the molecule is c1ccc(N(c2ccc(-c3ccc4c5ccc6ccccc6c5n(-c5ccccc5)c4c3)cc2)c2ccc(-c3cccc4sc5ccccc5c34)cc2)cc1. The highest BCUT2D eigenvalue weighted by Gasteiger charge is 2.18. The van der Waals surface area contributed by atoms with Crippen LogP contribution in [0.15, 0.2) is 206 Å². The third-order valence-electron chi connectivity index (χ3n) is 11.0. The lowest BCUT2D eigenvalue weighted by atomic mass is 9.99. The van der Waals surface area contributed by atoms with Crippen LogP contribution < -0.4 is 4.90 Å². The summed E-state index contributed by atoms with van der Waals surface area (Å²) in [6.07, 6.45) is 0. The first kappa shape index (κ1) is 31.6. The Morgan fingerprint density at radius 3 is 1.76 bits per heavy atom. The van der Waals surface area contributed by atoms with Crippen LogP contribution in [0.5, 0.6) is 0 Å². The highest BCUT2D eigenvalue weighted by molar-refractivity contribution is 7.25. The lowest BCUT2D eigenvalue weighted by Crippen LogP contribution is -2.09. The Kier molecular flexibility index (Phi) is 7.39. The van der Waals surface area contributed by atoms with Crippen molar-refractivity contribution < 1.29 is 0 Å². The lowest BCUT2D eigenvalue weighted by Gasteiger charge is -2.26. The number of benzene rings is 9. The van der Waals surface area contributed by atoms with Gasteiger partial charge in [0.1, 0.15) is 0 Å². The molecular weight excluding hydrogens is 685 g/mol. The van der Waals surface area contributed by atoms with E-state index in [1.165, 1.54) is 75.0 Å². The molecule has 9 aromatic carbocycles. The monoisotopic (exact) mass is 718 g/mol. The predicted molar refractivity (Wildman–Crippen MR) is 237 cm³/mol. The molecule has 0 aliphatic carbocycles. The van der Waals surface area contributed by atoms with Crippen molar-refractivity contribution in [3.63, 3.8) is 0 Å². The zero-order valence-electron chi connectivity index (χ0n) is 29.9. The van der Waals surface area contributed by atoms with E-state index in [0.717, 1.165) is 22.7 Å². The van der Waals surface area contributed by atoms with Crippen molar-refractivity contribution in [2.45, 2.75) is 0 Å². The second-order valence-corrected chi connectivity index (χ2v) is 15.2. The van der Waals surface area contributed by atoms with E-state index < -0.39 is 0 Å². The van der Waals surface area contributed by atoms with Gasteiger partial charge in [-0.15, -0.1) is 11.3 Å². The van der Waals surface area contributed by atoms with E-state index in [1.54, 1.807) is 0 Å². The number of fused-ring (bicyclic) bond motifs is 8. The van der Waals surface area contributed by atoms with Gasteiger partial charge in [-0.2, -0.15) is 0 Å². The summed E-state index contributed by atoms with van der Waals surface area (Å²) in [7, 11) is 0. The predicted octanol–water partition coefficient (Wildman–Crippen LogP) is 15.1. The van der Waals surface area contributed by atoms with Gasteiger partial charge in [0.2, 0.25) is 0 Å². The number of nitrogens with zero attached hydrogens (tertiary/aromatic N) is 2. The van der Waals surface area contributed by atoms with Crippen LogP contribution in [0, 0.1) is 0 Å². The summed E-state index contributed by atoms with van der Waals surface area (Å²) < 4.78 is 5.09. The van der Waals surface area contributed by atoms with Gasteiger partial charge in [0, 0.05) is 59.1 Å². The molecule has 0 unspecified atom stereocenters. The first-order valence-electron chi connectivity index (χ1n) is 18.8. The number of para-hydroxylation sites is 2. The van der Waals surface area contributed by atoms with Gasteiger partial charge in [0.25, 0.3) is 0 Å². The minimum atomic E-state index is 1.11. The Bertz CT molecular complexity index is 3180. The number of hydrogen-bond donors (Lipinski definition) is 0. The maximum absolute atomic E-state index is 2.44. The Labute approximate surface area is 323 Å². The highest BCUT2D eigenvalue weighted by atomic mass is 32.1. The van der Waals surface area contributed by atoms with Crippen molar-refractivity contribution >= 4 is 81.1 Å². The molecule has 55 heavy (non-hydrogen) atoms. The fourth-order valence-electron chi connectivity index (χ4n) is 8.44. The van der Waals surface area contributed by atoms with Gasteiger partial charge in [-0.05, 0) is 94.4 Å². The summed E-state index contributed by atoms with van der Waals surface area (Å²) >= 11 is 1.86. The van der Waals surface area contributed by atoms with Crippen molar-refractivity contribution in [3.05, 3.63) is 206 Å². The summed E-state index contributed by atoms with van der Waals surface area (Å²) in [4.78, 5) is 2.34. The maximum atomic E-state index is 2.44. The van der Waals surface area contributed by atoms with E-state index >= 15 is 0 Å². The van der Waals surface area contributed by atoms with Crippen molar-refractivity contribution in [3.8, 4) is 27.9 Å². The topological polar surface area (TPSA) is 8.17 Å². The Morgan fingerprint density at radius 2 is 0.982 bits per heavy atom. The Balaban J connectivity index is 0.997. The van der Waals surface area contributed by atoms with Crippen LogP contribution in [0.4, 0.5) is 17.1 Å². The maximum Gasteiger partial charge on any atom is 0.0619 e. The molecule has 2 aromatic heterocycles. The van der Waals surface area contributed by atoms with Crippen molar-refractivity contribution in [2.24, 2.45) is 0 Å². The first-order chi connectivity index (χ1) is 27.3. The molecule has 0 N–H and O–H groups in total. The van der Waals surface area contributed by atoms with E-state index in [4.69, 9.17) is 0 Å². The smallest absolute Gasteiger partial charge is 0.0619 e. The van der Waals surface area contributed by atoms with Gasteiger partial charge in [-0.3, -0.25) is 0 Å². The zero-order valence-corrected chi connectivity index (χ0v) is 30.7. The summed E-state index contributed by atoms with van der Waals surface area (Å²) in [5.74, 6) is 0. The van der Waals surface area contributed by atoms with Crippen LogP contribution in [0.2, 0.25) is 0 Å². The fraction of sp³-hybridized carbons (Fsp3) is 0. The molecule has 0 saturated heterocycles. The van der Waals surface area contributed by atoms with Gasteiger partial charge in [-0.1, -0.05) is 140 Å². The standard InChI is InChI=1S/C52H34N2S/c1-3-13-39(14-4-1)53(42-30-24-37(25-31-42)43-19-11-21-50-51(43)47-18-9-10-20-49(47)55-50)41-28-22-35(23-29-41)38-27-32-45-46-33-26-36-12-7-8-17-44(36)52(46)54(48(45)34-38)40-15-5-2-6-16-40/h1-34H. The molecule has 258 valence electrons. The van der Waals surface area contributed by atoms with Crippen molar-refractivity contribution in [2.75, 3.05) is 4.90 Å². The van der Waals surface area contributed by atoms with Crippen LogP contribution in [-0.4, -0.2) is 4.57 Å². The first-order valence-corrected chi connectivity index (χ1v) is 19.6. The number of hydrogen-bond acceptors (Lipinski definition) is 2. The average molecular weight is 719 g/mol. The molecule has 0 atom stereocenters. The van der Waals surface area contributed by atoms with Crippen LogP contribution in [-0.2, 0) is 0 Å². The molecule has 0 fully saturated rings. The molecule has 0 spiro atoms. The second-order valence-electron chi connectivity index (χ2n) is 14.1. The van der Waals surface area contributed by atoms with Gasteiger partial charge in [0.05, 0.1) is 11.0 Å². The molecule has 2 heterocycles. The lowest BCUT2D eigenvalue weighted by molar-refractivity contribution is 1.19. The molecule has 0 aliphatic heterocycles. The van der Waals surface area contributed by atoms with Gasteiger partial charge >= 0.3 is 0 Å². The van der Waals surface area contributed by atoms with E-state index in [9.17, 15) is 0 Å². The number of anilines is 3. The van der Waals surface area contributed by atoms with Crippen LogP contribution >= 0.6 is 11.3 Å². The summed E-state index contributed by atoms with van der Waals surface area (Å²) in [6, 6.07) is 75.0. The third-order valence-corrected chi connectivity index (χ3v) is 12.1. The summed E-state index contributed by atoms with van der Waals surface area (Å²) in [5, 5.41) is 7.69. The fourth-order valence-corrected chi connectivity index (χ4v) is 9.57. The quantitative estimate of drug-likeness (QED) is 0.166. The molecule has 11 rings (SSSR count). The van der Waals surface area contributed by atoms with Crippen LogP contribution in [0.25, 0.3) is 80.7 Å². The minimum absolute atomic E-state index is 1.11. The average Bonchev–Trinajstić information content (AvgIpc) is 3.81. The Morgan fingerprint density at radius 1 is 0.382 bits per heavy atom. The Hall–Kier alpha value is -6.94. The molecular formula is C52H34N2S. The largest absolute Gasteiger partial charge is 0.311 e. The van der Waals surface area contributed by atoms with Crippen molar-refractivity contribution in [1.82, 2.24) is 4.57 Å². The van der Waals surface area contributed by atoms with Gasteiger partial charge in [-0.25, -0.2) is 0 Å². The molecule has 2 nitrogen and oxygen atoms in total. The minimum Gasteiger partial charge on any atom is -0.311 e. The molecule has 3 heteroatoms. The molecule has 0 amide bonds. The van der Waals surface area contributed by atoms with Crippen molar-refractivity contribution in [1.29, 1.82) is 0 Å². The van der Waals surface area contributed by atoms with Gasteiger partial charge < -0.3 is 9.47 Å². The van der Waals surface area contributed by atoms with Gasteiger partial charge in [0.15, 0.2) is 0 Å². The van der Waals surface area contributed by atoms with E-state index in [1.807, 2.05) is 11.3 Å². The summed E-state index contributed by atoms with van der Waals surface area (Å²) in [5.41, 5.74) is 11.8. The molecule has 11 aromatic rings. The molecule has 0 radical (unpaired) electrons. The van der Waals surface area contributed by atoms with Crippen LogP contribution in [0.3, 0.4) is 0 Å². The molecule has 0 saturated carbocycles. The van der Waals surface area contributed by atoms with E-state index in [2.05, 4.69) is 216 Å². The normalized spacial score (nSPS) is 11.6. The summed E-state index contributed by atoms with van der Waals surface area (Å²) in [6.45, 7) is 0. The second kappa shape index (κ2) is 12.9. The highest BCUT2D eigenvalue weighted by Crippen LogP contribution is 2.43.